The zero-order valence-corrected chi connectivity index (χ0v) is 15.3. The maximum atomic E-state index is 12.8. The van der Waals surface area contributed by atoms with Crippen LogP contribution in [0.1, 0.15) is 34.6 Å². The summed E-state index contributed by atoms with van der Waals surface area (Å²) in [6, 6.07) is 20.5. The van der Waals surface area contributed by atoms with Crippen LogP contribution in [0.5, 0.6) is 0 Å². The van der Waals surface area contributed by atoms with E-state index >= 15 is 0 Å². The molecule has 0 saturated carbocycles. The van der Waals surface area contributed by atoms with Crippen molar-refractivity contribution in [1.29, 1.82) is 0 Å². The third-order valence-electron chi connectivity index (χ3n) is 4.88. The number of hydrogen-bond acceptors (Lipinski definition) is 4. The van der Waals surface area contributed by atoms with E-state index in [1.165, 1.54) is 0 Å². The second-order valence-electron chi connectivity index (χ2n) is 6.91. The molecule has 27 heavy (non-hydrogen) atoms. The summed E-state index contributed by atoms with van der Waals surface area (Å²) in [5.74, 6) is -0.0607. The highest BCUT2D eigenvalue weighted by atomic mass is 16.2. The molecule has 4 rings (SSSR count). The highest BCUT2D eigenvalue weighted by Gasteiger charge is 2.25. The van der Waals surface area contributed by atoms with E-state index in [0.29, 0.717) is 24.8 Å². The topological polar surface area (TPSA) is 63.1 Å². The minimum absolute atomic E-state index is 0.0607. The number of benzene rings is 2. The maximum absolute atomic E-state index is 12.8. The summed E-state index contributed by atoms with van der Waals surface area (Å²) in [6.07, 6.45) is 1.76. The van der Waals surface area contributed by atoms with Gasteiger partial charge in [-0.15, -0.1) is 5.10 Å². The number of hydrogen-bond donors (Lipinski definition) is 1. The van der Waals surface area contributed by atoms with Crippen molar-refractivity contribution in [1.82, 2.24) is 25.2 Å². The lowest BCUT2D eigenvalue weighted by atomic mass is 9.99. The van der Waals surface area contributed by atoms with Crippen LogP contribution in [-0.4, -0.2) is 51.5 Å². The first-order valence-electron chi connectivity index (χ1n) is 9.27. The van der Waals surface area contributed by atoms with Gasteiger partial charge < -0.3 is 10.2 Å². The van der Waals surface area contributed by atoms with Gasteiger partial charge in [-0.1, -0.05) is 65.9 Å². The third kappa shape index (κ3) is 3.75. The Kier molecular flexibility index (Phi) is 4.98. The van der Waals surface area contributed by atoms with Gasteiger partial charge in [-0.05, 0) is 18.1 Å². The van der Waals surface area contributed by atoms with Gasteiger partial charge in [-0.2, -0.15) is 0 Å². The predicted molar refractivity (Wildman–Crippen MR) is 104 cm³/mol. The second kappa shape index (κ2) is 7.72. The Bertz CT molecular complexity index is 854. The van der Waals surface area contributed by atoms with Gasteiger partial charge in [-0.3, -0.25) is 4.79 Å². The maximum Gasteiger partial charge on any atom is 0.276 e. The molecule has 3 aromatic rings. The van der Waals surface area contributed by atoms with Gasteiger partial charge in [0.15, 0.2) is 5.69 Å². The van der Waals surface area contributed by atoms with Gasteiger partial charge in [0, 0.05) is 25.7 Å². The van der Waals surface area contributed by atoms with E-state index in [1.807, 2.05) is 41.3 Å². The number of nitrogens with one attached hydrogen (secondary N) is 1. The van der Waals surface area contributed by atoms with Crippen molar-refractivity contribution >= 4 is 5.91 Å². The molecule has 138 valence electrons. The van der Waals surface area contributed by atoms with Crippen LogP contribution in [0.25, 0.3) is 0 Å². The number of nitrogens with zero attached hydrogens (tertiary/aromatic N) is 4. The molecule has 1 aromatic heterocycles. The number of aromatic nitrogens is 3. The van der Waals surface area contributed by atoms with Crippen molar-refractivity contribution < 1.29 is 4.79 Å². The fourth-order valence-electron chi connectivity index (χ4n) is 3.55. The van der Waals surface area contributed by atoms with E-state index in [1.54, 1.807) is 10.9 Å². The SMILES string of the molecule is CC1CN(C(=O)c2cn(C(c3ccccc3)c3ccccc3)nn2)CCN1. The molecule has 1 unspecified atom stereocenters. The summed E-state index contributed by atoms with van der Waals surface area (Å²) in [5, 5.41) is 11.8. The van der Waals surface area contributed by atoms with Gasteiger partial charge in [0.1, 0.15) is 6.04 Å². The number of piperazine rings is 1. The largest absolute Gasteiger partial charge is 0.334 e. The zero-order chi connectivity index (χ0) is 18.6. The molecular weight excluding hydrogens is 338 g/mol. The predicted octanol–water partition coefficient (Wildman–Crippen LogP) is 2.35. The fraction of sp³-hybridized carbons (Fsp3) is 0.286. The van der Waals surface area contributed by atoms with Crippen molar-refractivity contribution in [2.45, 2.75) is 19.0 Å². The highest BCUT2D eigenvalue weighted by Crippen LogP contribution is 2.26. The Morgan fingerprint density at radius 3 is 2.30 bits per heavy atom. The molecule has 0 spiro atoms. The lowest BCUT2D eigenvalue weighted by Gasteiger charge is -2.31. The van der Waals surface area contributed by atoms with Crippen molar-refractivity contribution in [3.63, 3.8) is 0 Å². The summed E-state index contributed by atoms with van der Waals surface area (Å²) >= 11 is 0. The molecule has 1 saturated heterocycles. The summed E-state index contributed by atoms with van der Waals surface area (Å²) in [6.45, 7) is 4.26. The minimum Gasteiger partial charge on any atom is -0.334 e. The van der Waals surface area contributed by atoms with Gasteiger partial charge in [-0.25, -0.2) is 4.68 Å². The highest BCUT2D eigenvalue weighted by molar-refractivity contribution is 5.92. The Morgan fingerprint density at radius 1 is 1.07 bits per heavy atom. The molecule has 2 heterocycles. The van der Waals surface area contributed by atoms with Gasteiger partial charge in [0.25, 0.3) is 5.91 Å². The summed E-state index contributed by atoms with van der Waals surface area (Å²) < 4.78 is 1.78. The molecule has 1 atom stereocenters. The summed E-state index contributed by atoms with van der Waals surface area (Å²) in [4.78, 5) is 14.7. The number of carbonyl (C=O) groups is 1. The first kappa shape index (κ1) is 17.4. The fourth-order valence-corrected chi connectivity index (χ4v) is 3.55. The standard InChI is InChI=1S/C21H23N5O/c1-16-14-25(13-12-22-16)21(27)19-15-26(24-23-19)20(17-8-4-2-5-9-17)18-10-6-3-7-11-18/h2-11,15-16,20,22H,12-14H2,1H3. The van der Waals surface area contributed by atoms with Crippen LogP contribution < -0.4 is 5.32 Å². The second-order valence-corrected chi connectivity index (χ2v) is 6.91. The zero-order valence-electron chi connectivity index (χ0n) is 15.3. The van der Waals surface area contributed by atoms with E-state index in [2.05, 4.69) is 46.8 Å². The number of amides is 1. The Hall–Kier alpha value is -2.99. The minimum atomic E-state index is -0.122. The molecule has 1 N–H and O–H groups in total. The van der Waals surface area contributed by atoms with Crippen LogP contribution >= 0.6 is 0 Å². The van der Waals surface area contributed by atoms with Crippen LogP contribution in [0.15, 0.2) is 66.9 Å². The van der Waals surface area contributed by atoms with Gasteiger partial charge >= 0.3 is 0 Å². The average molecular weight is 361 g/mol. The Labute approximate surface area is 158 Å². The molecule has 0 aliphatic carbocycles. The molecule has 0 bridgehead atoms. The molecule has 2 aromatic carbocycles. The van der Waals surface area contributed by atoms with E-state index < -0.39 is 0 Å². The lowest BCUT2D eigenvalue weighted by molar-refractivity contribution is 0.0703. The molecule has 6 heteroatoms. The lowest BCUT2D eigenvalue weighted by Crippen LogP contribution is -2.51. The van der Waals surface area contributed by atoms with Crippen LogP contribution in [0, 0.1) is 0 Å². The monoisotopic (exact) mass is 361 g/mol. The summed E-state index contributed by atoms with van der Waals surface area (Å²) in [5.41, 5.74) is 2.59. The van der Waals surface area contributed by atoms with Crippen LogP contribution in [0.4, 0.5) is 0 Å². The third-order valence-corrected chi connectivity index (χ3v) is 4.88. The van der Waals surface area contributed by atoms with E-state index in [-0.39, 0.29) is 11.9 Å². The Morgan fingerprint density at radius 2 is 1.70 bits per heavy atom. The van der Waals surface area contributed by atoms with Crippen molar-refractivity contribution in [2.24, 2.45) is 0 Å². The van der Waals surface area contributed by atoms with Gasteiger partial charge in [0.05, 0.1) is 6.20 Å². The normalized spacial score (nSPS) is 17.3. The molecule has 0 radical (unpaired) electrons. The number of carbonyl (C=O) groups excluding carboxylic acids is 1. The molecule has 1 amide bonds. The van der Waals surface area contributed by atoms with Gasteiger partial charge in [0.2, 0.25) is 0 Å². The van der Waals surface area contributed by atoms with E-state index in [0.717, 1.165) is 17.7 Å². The first-order valence-corrected chi connectivity index (χ1v) is 9.27. The van der Waals surface area contributed by atoms with Crippen LogP contribution in [0.3, 0.4) is 0 Å². The first-order chi connectivity index (χ1) is 13.2. The van der Waals surface area contributed by atoms with Crippen molar-refractivity contribution in [3.05, 3.63) is 83.7 Å². The van der Waals surface area contributed by atoms with Crippen molar-refractivity contribution in [2.75, 3.05) is 19.6 Å². The Balaban J connectivity index is 1.65. The van der Waals surface area contributed by atoms with Crippen molar-refractivity contribution in [3.8, 4) is 0 Å². The molecule has 1 aliphatic rings. The number of rotatable bonds is 4. The van der Waals surface area contributed by atoms with Crippen LogP contribution in [-0.2, 0) is 0 Å². The summed E-state index contributed by atoms with van der Waals surface area (Å²) in [7, 11) is 0. The molecule has 1 fully saturated rings. The smallest absolute Gasteiger partial charge is 0.276 e. The average Bonchev–Trinajstić information content (AvgIpc) is 3.19. The van der Waals surface area contributed by atoms with E-state index in [4.69, 9.17) is 0 Å². The molecular formula is C21H23N5O. The van der Waals surface area contributed by atoms with E-state index in [9.17, 15) is 4.79 Å². The van der Waals surface area contributed by atoms with Crippen LogP contribution in [0.2, 0.25) is 0 Å². The quantitative estimate of drug-likeness (QED) is 0.775. The molecule has 6 nitrogen and oxygen atoms in total. The molecule has 1 aliphatic heterocycles.